The van der Waals surface area contributed by atoms with Gasteiger partial charge in [0.1, 0.15) is 5.75 Å². The van der Waals surface area contributed by atoms with Gasteiger partial charge in [0.15, 0.2) is 5.96 Å². The molecule has 1 aromatic rings. The summed E-state index contributed by atoms with van der Waals surface area (Å²) in [5.41, 5.74) is 0.562. The minimum Gasteiger partial charge on any atom is -0.405 e. The van der Waals surface area contributed by atoms with Gasteiger partial charge in [-0.1, -0.05) is 18.2 Å². The number of guanidine groups is 1. The number of amides is 1. The molecular weight excluding hydrogens is 524 g/mol. The SMILES string of the molecule is CCN=C(NC1CC1c1ccccc1OC(F)(F)F)N1CCC(CC(=O)NC)CC1.I. The van der Waals surface area contributed by atoms with Crippen LogP contribution in [0.2, 0.25) is 0 Å². The Bertz CT molecular complexity index is 767. The van der Waals surface area contributed by atoms with Crippen molar-refractivity contribution in [2.24, 2.45) is 10.9 Å². The second kappa shape index (κ2) is 11.2. The fraction of sp³-hybridized carbons (Fsp3) is 0.619. The molecule has 1 saturated carbocycles. The summed E-state index contributed by atoms with van der Waals surface area (Å²) in [5, 5.41) is 6.10. The van der Waals surface area contributed by atoms with Crippen LogP contribution in [0, 0.1) is 5.92 Å². The Hall–Kier alpha value is -1.72. The van der Waals surface area contributed by atoms with Crippen LogP contribution in [0.25, 0.3) is 0 Å². The molecule has 0 aromatic heterocycles. The number of alkyl halides is 3. The van der Waals surface area contributed by atoms with Gasteiger partial charge in [-0.3, -0.25) is 9.79 Å². The average Bonchev–Trinajstić information content (AvgIpc) is 3.46. The van der Waals surface area contributed by atoms with Crippen LogP contribution in [-0.2, 0) is 4.79 Å². The molecule has 3 rings (SSSR count). The van der Waals surface area contributed by atoms with Crippen molar-refractivity contribution in [1.29, 1.82) is 0 Å². The first-order chi connectivity index (χ1) is 14.3. The molecule has 174 valence electrons. The van der Waals surface area contributed by atoms with Crippen LogP contribution in [0.5, 0.6) is 5.75 Å². The van der Waals surface area contributed by atoms with Crippen LogP contribution in [-0.4, -0.2) is 55.9 Å². The number of para-hydroxylation sites is 1. The van der Waals surface area contributed by atoms with Crippen LogP contribution in [0.15, 0.2) is 29.3 Å². The molecule has 2 fully saturated rings. The Morgan fingerprint density at radius 1 is 1.26 bits per heavy atom. The molecule has 6 nitrogen and oxygen atoms in total. The van der Waals surface area contributed by atoms with Crippen molar-refractivity contribution in [3.05, 3.63) is 29.8 Å². The van der Waals surface area contributed by atoms with Crippen LogP contribution in [0.4, 0.5) is 13.2 Å². The molecule has 0 bridgehead atoms. The zero-order valence-electron chi connectivity index (χ0n) is 17.7. The van der Waals surface area contributed by atoms with Crippen molar-refractivity contribution >= 4 is 35.8 Å². The Balaban J connectivity index is 0.00000341. The summed E-state index contributed by atoms with van der Waals surface area (Å²) in [4.78, 5) is 18.4. The predicted octanol–water partition coefficient (Wildman–Crippen LogP) is 3.87. The number of hydrogen-bond acceptors (Lipinski definition) is 3. The fourth-order valence-corrected chi connectivity index (χ4v) is 3.97. The molecule has 2 atom stereocenters. The van der Waals surface area contributed by atoms with Gasteiger partial charge >= 0.3 is 6.36 Å². The van der Waals surface area contributed by atoms with Crippen molar-refractivity contribution < 1.29 is 22.7 Å². The maximum Gasteiger partial charge on any atom is 0.573 e. The average molecular weight is 554 g/mol. The largest absolute Gasteiger partial charge is 0.573 e. The molecule has 1 amide bonds. The van der Waals surface area contributed by atoms with E-state index >= 15 is 0 Å². The topological polar surface area (TPSA) is 66.0 Å². The van der Waals surface area contributed by atoms with E-state index in [1.54, 1.807) is 25.2 Å². The second-order valence-electron chi connectivity index (χ2n) is 7.78. The standard InChI is InChI=1S/C21H29F3N4O2.HI/c1-3-26-20(28-10-8-14(9-11-28)12-19(29)25-2)27-17-13-16(17)15-6-4-5-7-18(15)30-21(22,23)24;/h4-7,14,16-17H,3,8-13H2,1-2H3,(H,25,29)(H,26,27);1H. The summed E-state index contributed by atoms with van der Waals surface area (Å²) in [5.74, 6) is 1.04. The summed E-state index contributed by atoms with van der Waals surface area (Å²) in [6.45, 7) is 4.18. The molecule has 1 saturated heterocycles. The first kappa shape index (κ1) is 25.5. The number of likely N-dealkylation sites (tertiary alicyclic amines) is 1. The van der Waals surface area contributed by atoms with E-state index in [-0.39, 0.29) is 47.6 Å². The molecule has 2 unspecified atom stereocenters. The van der Waals surface area contributed by atoms with Crippen LogP contribution in [0.3, 0.4) is 0 Å². The number of carbonyl (C=O) groups excluding carboxylic acids is 1. The summed E-state index contributed by atoms with van der Waals surface area (Å²) >= 11 is 0. The smallest absolute Gasteiger partial charge is 0.405 e. The lowest BCUT2D eigenvalue weighted by molar-refractivity contribution is -0.274. The van der Waals surface area contributed by atoms with E-state index in [2.05, 4.69) is 25.3 Å². The van der Waals surface area contributed by atoms with Gasteiger partial charge in [0.05, 0.1) is 0 Å². The monoisotopic (exact) mass is 554 g/mol. The van der Waals surface area contributed by atoms with Gasteiger partial charge < -0.3 is 20.3 Å². The van der Waals surface area contributed by atoms with E-state index in [9.17, 15) is 18.0 Å². The van der Waals surface area contributed by atoms with Gasteiger partial charge in [-0.25, -0.2) is 0 Å². The van der Waals surface area contributed by atoms with Gasteiger partial charge in [-0.05, 0) is 43.7 Å². The van der Waals surface area contributed by atoms with Gasteiger partial charge in [-0.15, -0.1) is 37.1 Å². The first-order valence-corrected chi connectivity index (χ1v) is 10.4. The maximum absolute atomic E-state index is 12.7. The normalized spacial score (nSPS) is 21.8. The third-order valence-electron chi connectivity index (χ3n) is 5.62. The maximum atomic E-state index is 12.7. The predicted molar refractivity (Wildman–Crippen MR) is 124 cm³/mol. The van der Waals surface area contributed by atoms with E-state index in [4.69, 9.17) is 0 Å². The van der Waals surface area contributed by atoms with Gasteiger partial charge in [0, 0.05) is 45.1 Å². The third-order valence-corrected chi connectivity index (χ3v) is 5.62. The Morgan fingerprint density at radius 2 is 1.94 bits per heavy atom. The number of piperidine rings is 1. The minimum atomic E-state index is -4.71. The molecule has 31 heavy (non-hydrogen) atoms. The summed E-state index contributed by atoms with van der Waals surface area (Å²) in [7, 11) is 1.65. The quantitative estimate of drug-likeness (QED) is 0.319. The van der Waals surface area contributed by atoms with Gasteiger partial charge in [-0.2, -0.15) is 0 Å². The number of benzene rings is 1. The number of nitrogens with one attached hydrogen (secondary N) is 2. The Labute approximate surface area is 198 Å². The van der Waals surface area contributed by atoms with Gasteiger partial charge in [0.2, 0.25) is 5.91 Å². The van der Waals surface area contributed by atoms with Crippen LogP contribution < -0.4 is 15.4 Å². The lowest BCUT2D eigenvalue weighted by Crippen LogP contribution is -2.47. The van der Waals surface area contributed by atoms with E-state index in [0.717, 1.165) is 38.3 Å². The van der Waals surface area contributed by atoms with Crippen molar-refractivity contribution in [3.8, 4) is 5.75 Å². The fourth-order valence-electron chi connectivity index (χ4n) is 3.97. The highest BCUT2D eigenvalue weighted by Crippen LogP contribution is 2.45. The second-order valence-corrected chi connectivity index (χ2v) is 7.78. The number of ether oxygens (including phenoxy) is 1. The molecular formula is C21H30F3IN4O2. The molecule has 1 aromatic carbocycles. The molecule has 1 aliphatic carbocycles. The summed E-state index contributed by atoms with van der Waals surface area (Å²) in [6, 6.07) is 6.34. The summed E-state index contributed by atoms with van der Waals surface area (Å²) < 4.78 is 42.3. The van der Waals surface area contributed by atoms with Crippen molar-refractivity contribution in [3.63, 3.8) is 0 Å². The lowest BCUT2D eigenvalue weighted by Gasteiger charge is -2.34. The Kier molecular flexibility index (Phi) is 9.26. The highest BCUT2D eigenvalue weighted by Gasteiger charge is 2.43. The number of hydrogen-bond donors (Lipinski definition) is 2. The molecule has 0 spiro atoms. The molecule has 10 heteroatoms. The van der Waals surface area contributed by atoms with Crippen LogP contribution in [0.1, 0.15) is 44.1 Å². The van der Waals surface area contributed by atoms with E-state index in [1.165, 1.54) is 6.07 Å². The molecule has 2 aliphatic rings. The summed E-state index contributed by atoms with van der Waals surface area (Å²) in [6.07, 6.45) is -1.61. The van der Waals surface area contributed by atoms with Gasteiger partial charge in [0.25, 0.3) is 0 Å². The zero-order chi connectivity index (χ0) is 21.7. The van der Waals surface area contributed by atoms with Crippen molar-refractivity contribution in [2.45, 2.75) is 50.9 Å². The zero-order valence-corrected chi connectivity index (χ0v) is 20.1. The molecule has 2 N–H and O–H groups in total. The molecule has 1 aliphatic heterocycles. The van der Waals surface area contributed by atoms with Crippen molar-refractivity contribution in [1.82, 2.24) is 15.5 Å². The van der Waals surface area contributed by atoms with E-state index in [1.807, 2.05) is 6.92 Å². The first-order valence-electron chi connectivity index (χ1n) is 10.4. The molecule has 1 heterocycles. The van der Waals surface area contributed by atoms with E-state index < -0.39 is 6.36 Å². The van der Waals surface area contributed by atoms with E-state index in [0.29, 0.717) is 24.4 Å². The molecule has 0 radical (unpaired) electrons. The number of aliphatic imine (C=N–C) groups is 1. The highest BCUT2D eigenvalue weighted by atomic mass is 127. The number of nitrogens with zero attached hydrogens (tertiary/aromatic N) is 2. The number of carbonyl (C=O) groups is 1. The third kappa shape index (κ3) is 7.43. The minimum absolute atomic E-state index is 0. The Morgan fingerprint density at radius 3 is 2.55 bits per heavy atom. The number of rotatable bonds is 6. The number of halogens is 4. The highest BCUT2D eigenvalue weighted by molar-refractivity contribution is 14.0. The van der Waals surface area contributed by atoms with Crippen molar-refractivity contribution in [2.75, 3.05) is 26.7 Å². The lowest BCUT2D eigenvalue weighted by atomic mass is 9.93. The van der Waals surface area contributed by atoms with Crippen LogP contribution >= 0.6 is 24.0 Å².